The number of benzene rings is 2. The van der Waals surface area contributed by atoms with Gasteiger partial charge in [-0.3, -0.25) is 9.69 Å². The molecule has 2 saturated heterocycles. The molecule has 0 bridgehead atoms. The van der Waals surface area contributed by atoms with Gasteiger partial charge >= 0.3 is 0 Å². The fourth-order valence-corrected chi connectivity index (χ4v) is 4.79. The molecule has 5 nitrogen and oxygen atoms in total. The van der Waals surface area contributed by atoms with Gasteiger partial charge in [-0.25, -0.2) is 0 Å². The maximum atomic E-state index is 13.0. The van der Waals surface area contributed by atoms with Crippen LogP contribution in [0.3, 0.4) is 0 Å². The highest BCUT2D eigenvalue weighted by molar-refractivity contribution is 8.27. The van der Waals surface area contributed by atoms with Crippen molar-refractivity contribution in [1.29, 1.82) is 0 Å². The number of hydrogen-bond acceptors (Lipinski definition) is 6. The molecule has 0 atom stereocenters. The quantitative estimate of drug-likeness (QED) is 0.505. The van der Waals surface area contributed by atoms with Crippen molar-refractivity contribution in [2.75, 3.05) is 43.2 Å². The lowest BCUT2D eigenvalue weighted by molar-refractivity contribution is -0.113. The number of halogens is 1. The molecule has 8 heteroatoms. The zero-order chi connectivity index (χ0) is 20.4. The number of ether oxygens (including phenoxy) is 2. The van der Waals surface area contributed by atoms with E-state index in [1.165, 1.54) is 16.7 Å². The zero-order valence-electron chi connectivity index (χ0n) is 15.8. The molecule has 0 aliphatic carbocycles. The summed E-state index contributed by atoms with van der Waals surface area (Å²) in [6.07, 6.45) is 1.87. The molecule has 2 aliphatic rings. The van der Waals surface area contributed by atoms with Gasteiger partial charge in [-0.2, -0.15) is 0 Å². The number of thiocarbonyl (C=S) groups is 1. The summed E-state index contributed by atoms with van der Waals surface area (Å²) in [6, 6.07) is 13.4. The van der Waals surface area contributed by atoms with E-state index in [0.29, 0.717) is 25.7 Å². The van der Waals surface area contributed by atoms with Gasteiger partial charge in [0.05, 0.1) is 35.9 Å². The number of hydrogen-bond donors (Lipinski definition) is 0. The van der Waals surface area contributed by atoms with Gasteiger partial charge in [-0.15, -0.1) is 0 Å². The molecule has 0 unspecified atom stereocenters. The summed E-state index contributed by atoms with van der Waals surface area (Å²) in [5, 5.41) is 0.432. The van der Waals surface area contributed by atoms with E-state index in [-0.39, 0.29) is 5.91 Å². The molecule has 0 N–H and O–H groups in total. The predicted octanol–water partition coefficient (Wildman–Crippen LogP) is 4.59. The Bertz CT molecular complexity index is 972. The number of morpholine rings is 1. The molecule has 0 saturated carbocycles. The van der Waals surface area contributed by atoms with Crippen LogP contribution < -0.4 is 14.5 Å². The molecule has 150 valence electrons. The standard InChI is InChI=1S/C21H19ClN2O3S2/c1-26-18-7-6-16(13-17(18)22)24-20(25)19(29-21(24)28)12-14-2-4-15(5-3-14)23-8-10-27-11-9-23/h2-7,12-13H,8-11H2,1H3/b19-12+. The minimum absolute atomic E-state index is 0.154. The van der Waals surface area contributed by atoms with Gasteiger partial charge < -0.3 is 14.4 Å². The van der Waals surface area contributed by atoms with Crippen molar-refractivity contribution in [2.24, 2.45) is 0 Å². The van der Waals surface area contributed by atoms with Crippen LogP contribution >= 0.6 is 35.6 Å². The van der Waals surface area contributed by atoms with Gasteiger partial charge in [0.1, 0.15) is 5.75 Å². The smallest absolute Gasteiger partial charge is 0.270 e. The number of methoxy groups -OCH3 is 1. The first-order valence-electron chi connectivity index (χ1n) is 9.11. The fourth-order valence-electron chi connectivity index (χ4n) is 3.24. The number of nitrogens with zero attached hydrogens (tertiary/aromatic N) is 2. The molecule has 2 aromatic rings. The summed E-state index contributed by atoms with van der Waals surface area (Å²) in [6.45, 7) is 3.28. The van der Waals surface area contributed by atoms with Crippen LogP contribution in [-0.2, 0) is 9.53 Å². The van der Waals surface area contributed by atoms with E-state index < -0.39 is 0 Å². The van der Waals surface area contributed by atoms with E-state index in [0.717, 1.165) is 37.6 Å². The van der Waals surface area contributed by atoms with Gasteiger partial charge in [0.15, 0.2) is 4.32 Å². The molecule has 2 heterocycles. The normalized spacial score (nSPS) is 18.6. The van der Waals surface area contributed by atoms with Gasteiger partial charge in [-0.05, 0) is 42.0 Å². The Morgan fingerprint density at radius 3 is 2.48 bits per heavy atom. The minimum atomic E-state index is -0.154. The SMILES string of the molecule is COc1ccc(N2C(=O)/C(=C\c3ccc(N4CCOCC4)cc3)SC2=S)cc1Cl. The number of rotatable bonds is 4. The maximum absolute atomic E-state index is 13.0. The maximum Gasteiger partial charge on any atom is 0.270 e. The van der Waals surface area contributed by atoms with E-state index in [1.807, 2.05) is 18.2 Å². The van der Waals surface area contributed by atoms with Crippen LogP contribution in [-0.4, -0.2) is 43.6 Å². The fraction of sp³-hybridized carbons (Fsp3) is 0.238. The van der Waals surface area contributed by atoms with E-state index in [2.05, 4.69) is 17.0 Å². The number of amides is 1. The van der Waals surface area contributed by atoms with Crippen LogP contribution in [0.2, 0.25) is 5.02 Å². The Balaban J connectivity index is 1.53. The lowest BCUT2D eigenvalue weighted by Crippen LogP contribution is -2.36. The summed E-state index contributed by atoms with van der Waals surface area (Å²) in [7, 11) is 1.55. The number of carbonyl (C=O) groups is 1. The summed E-state index contributed by atoms with van der Waals surface area (Å²) >= 11 is 12.9. The monoisotopic (exact) mass is 446 g/mol. The lowest BCUT2D eigenvalue weighted by atomic mass is 10.1. The highest BCUT2D eigenvalue weighted by Crippen LogP contribution is 2.38. The molecule has 2 aliphatic heterocycles. The van der Waals surface area contributed by atoms with E-state index in [4.69, 9.17) is 33.3 Å². The molecular weight excluding hydrogens is 428 g/mol. The van der Waals surface area contributed by atoms with Gasteiger partial charge in [0, 0.05) is 18.8 Å². The van der Waals surface area contributed by atoms with Crippen molar-refractivity contribution in [3.05, 3.63) is 58.0 Å². The Labute approximate surface area is 184 Å². The average molecular weight is 447 g/mol. The number of carbonyl (C=O) groups excluding carboxylic acids is 1. The first kappa shape index (κ1) is 20.2. The van der Waals surface area contributed by atoms with Crippen molar-refractivity contribution in [1.82, 2.24) is 0 Å². The third kappa shape index (κ3) is 4.28. The largest absolute Gasteiger partial charge is 0.495 e. The van der Waals surface area contributed by atoms with Crippen LogP contribution in [0.15, 0.2) is 47.4 Å². The second-order valence-corrected chi connectivity index (χ2v) is 8.61. The second-order valence-electron chi connectivity index (χ2n) is 6.53. The van der Waals surface area contributed by atoms with Gasteiger partial charge in [-0.1, -0.05) is 47.7 Å². The van der Waals surface area contributed by atoms with Crippen LogP contribution in [0.25, 0.3) is 6.08 Å². The Hall–Kier alpha value is -2.06. The first-order valence-corrected chi connectivity index (χ1v) is 10.7. The first-order chi connectivity index (χ1) is 14.1. The summed E-state index contributed by atoms with van der Waals surface area (Å²) in [5.41, 5.74) is 2.74. The second kappa shape index (κ2) is 8.75. The van der Waals surface area contributed by atoms with Crippen molar-refractivity contribution < 1.29 is 14.3 Å². The number of thioether (sulfide) groups is 1. The van der Waals surface area contributed by atoms with Crippen molar-refractivity contribution in [2.45, 2.75) is 0 Å². The van der Waals surface area contributed by atoms with E-state index in [1.54, 1.807) is 25.3 Å². The highest BCUT2D eigenvalue weighted by Gasteiger charge is 2.33. The summed E-state index contributed by atoms with van der Waals surface area (Å²) < 4.78 is 11.1. The molecule has 29 heavy (non-hydrogen) atoms. The highest BCUT2D eigenvalue weighted by atomic mass is 35.5. The molecule has 0 spiro atoms. The Morgan fingerprint density at radius 2 is 1.83 bits per heavy atom. The van der Waals surface area contributed by atoms with Crippen molar-refractivity contribution in [3.63, 3.8) is 0 Å². The van der Waals surface area contributed by atoms with Crippen LogP contribution in [0.4, 0.5) is 11.4 Å². The molecular formula is C21H19ClN2O3S2. The molecule has 2 aromatic carbocycles. The molecule has 0 radical (unpaired) electrons. The van der Waals surface area contributed by atoms with Crippen LogP contribution in [0, 0.1) is 0 Å². The lowest BCUT2D eigenvalue weighted by Gasteiger charge is -2.28. The summed E-state index contributed by atoms with van der Waals surface area (Å²) in [5.74, 6) is 0.398. The molecule has 0 aromatic heterocycles. The summed E-state index contributed by atoms with van der Waals surface area (Å²) in [4.78, 5) is 17.3. The van der Waals surface area contributed by atoms with E-state index >= 15 is 0 Å². The zero-order valence-corrected chi connectivity index (χ0v) is 18.1. The van der Waals surface area contributed by atoms with Crippen molar-refractivity contribution in [3.8, 4) is 5.75 Å². The van der Waals surface area contributed by atoms with Crippen LogP contribution in [0.5, 0.6) is 5.75 Å². The third-order valence-electron chi connectivity index (χ3n) is 4.75. The predicted molar refractivity (Wildman–Crippen MR) is 123 cm³/mol. The van der Waals surface area contributed by atoms with Gasteiger partial charge in [0.2, 0.25) is 0 Å². The molecule has 1 amide bonds. The van der Waals surface area contributed by atoms with Crippen molar-refractivity contribution >= 4 is 63.3 Å². The Morgan fingerprint density at radius 1 is 1.14 bits per heavy atom. The molecule has 2 fully saturated rings. The number of anilines is 2. The minimum Gasteiger partial charge on any atom is -0.495 e. The van der Waals surface area contributed by atoms with E-state index in [9.17, 15) is 4.79 Å². The Kier molecular flexibility index (Phi) is 6.10. The van der Waals surface area contributed by atoms with Gasteiger partial charge in [0.25, 0.3) is 5.91 Å². The topological polar surface area (TPSA) is 42.0 Å². The third-order valence-corrected chi connectivity index (χ3v) is 6.35. The van der Waals surface area contributed by atoms with Crippen LogP contribution in [0.1, 0.15) is 5.56 Å². The molecule has 4 rings (SSSR count). The average Bonchev–Trinajstić information content (AvgIpc) is 3.02.